The predicted octanol–water partition coefficient (Wildman–Crippen LogP) is 1.07. The molecular weight excluding hydrogens is 381 g/mol. The molecule has 3 heterocycles. The van der Waals surface area contributed by atoms with E-state index in [1.165, 1.54) is 23.1 Å². The molecule has 2 saturated heterocycles. The number of likely N-dealkylation sites (tertiary alicyclic amines) is 1. The fraction of sp³-hybridized carbons (Fsp3) is 0.550. The van der Waals surface area contributed by atoms with E-state index in [0.29, 0.717) is 17.7 Å². The van der Waals surface area contributed by atoms with Gasteiger partial charge in [0.2, 0.25) is 17.4 Å². The highest BCUT2D eigenvalue weighted by molar-refractivity contribution is 7.98. The number of hydrogen-bond donors (Lipinski definition) is 2. The minimum Gasteiger partial charge on any atom is -0.326 e. The Morgan fingerprint density at radius 2 is 1.96 bits per heavy atom. The zero-order chi connectivity index (χ0) is 20.4. The lowest BCUT2D eigenvalue weighted by Gasteiger charge is -2.33. The van der Waals surface area contributed by atoms with E-state index in [1.54, 1.807) is 11.8 Å². The number of carbonyl (C=O) groups excluding carboxylic acids is 3. The third-order valence-electron chi connectivity index (χ3n) is 6.16. The number of fused-ring (bicyclic) bond motifs is 4. The van der Waals surface area contributed by atoms with Crippen molar-refractivity contribution in [3.8, 4) is 0 Å². The third kappa shape index (κ3) is 2.47. The maximum atomic E-state index is 14.1. The van der Waals surface area contributed by atoms with E-state index in [-0.39, 0.29) is 23.8 Å². The summed E-state index contributed by atoms with van der Waals surface area (Å²) in [7, 11) is 0. The molecule has 0 aromatic heterocycles. The number of rotatable bonds is 3. The molecule has 2 fully saturated rings. The van der Waals surface area contributed by atoms with E-state index in [9.17, 15) is 18.8 Å². The average molecular weight is 407 g/mol. The number of quaternary nitrogens is 1. The molecule has 4 atom stereocenters. The smallest absolute Gasteiger partial charge is 0.291 e. The van der Waals surface area contributed by atoms with Crippen molar-refractivity contribution < 1.29 is 24.1 Å². The van der Waals surface area contributed by atoms with Gasteiger partial charge in [0.1, 0.15) is 23.7 Å². The van der Waals surface area contributed by atoms with Crippen LogP contribution in [0.25, 0.3) is 0 Å². The van der Waals surface area contributed by atoms with Crippen LogP contribution in [0.4, 0.5) is 10.1 Å². The highest BCUT2D eigenvalue weighted by atomic mass is 32.2. The number of imide groups is 1. The summed E-state index contributed by atoms with van der Waals surface area (Å²) in [4.78, 5) is 41.3. The van der Waals surface area contributed by atoms with Gasteiger partial charge in [0.15, 0.2) is 0 Å². The molecule has 4 rings (SSSR count). The van der Waals surface area contributed by atoms with Crippen molar-refractivity contribution in [3.05, 3.63) is 29.6 Å². The SMILES string of the molecule is CSCC[C@@H]1[NH2+][C@]2(C(=O)Nc3ccc(F)cc32)[C@@H]2C(=O)N(C(C)(C)C)C(=O)[C@H]12. The van der Waals surface area contributed by atoms with Gasteiger partial charge >= 0.3 is 0 Å². The Kier molecular flexibility index (Phi) is 4.35. The summed E-state index contributed by atoms with van der Waals surface area (Å²) in [5, 5.41) is 4.67. The van der Waals surface area contributed by atoms with Gasteiger partial charge < -0.3 is 10.6 Å². The molecular formula is C20H25FN3O3S+. The molecule has 1 aromatic rings. The van der Waals surface area contributed by atoms with Crippen molar-refractivity contribution >= 4 is 35.2 Å². The first kappa shape index (κ1) is 19.4. The number of thioether (sulfide) groups is 1. The summed E-state index contributed by atoms with van der Waals surface area (Å²) in [5.41, 5.74) is -0.987. The minimum atomic E-state index is -1.29. The van der Waals surface area contributed by atoms with Crippen LogP contribution in [0.3, 0.4) is 0 Å². The number of nitrogens with zero attached hydrogens (tertiary/aromatic N) is 1. The number of hydrogen-bond acceptors (Lipinski definition) is 4. The van der Waals surface area contributed by atoms with Crippen molar-refractivity contribution in [2.45, 2.75) is 44.3 Å². The monoisotopic (exact) mass is 406 g/mol. The van der Waals surface area contributed by atoms with Gasteiger partial charge in [0.05, 0.1) is 5.69 Å². The number of nitrogens with two attached hydrogens (primary N) is 1. The normalized spacial score (nSPS) is 31.5. The van der Waals surface area contributed by atoms with Gasteiger partial charge in [-0.25, -0.2) is 4.39 Å². The first-order chi connectivity index (χ1) is 13.1. The maximum absolute atomic E-state index is 14.1. The Morgan fingerprint density at radius 1 is 1.25 bits per heavy atom. The summed E-state index contributed by atoms with van der Waals surface area (Å²) in [6, 6.07) is 3.94. The molecule has 0 bridgehead atoms. The molecule has 0 aliphatic carbocycles. The van der Waals surface area contributed by atoms with Crippen LogP contribution in [-0.2, 0) is 19.9 Å². The summed E-state index contributed by atoms with van der Waals surface area (Å²) in [6.07, 6.45) is 2.68. The Balaban J connectivity index is 1.89. The van der Waals surface area contributed by atoms with Crippen LogP contribution in [0.2, 0.25) is 0 Å². The first-order valence-corrected chi connectivity index (χ1v) is 10.9. The molecule has 150 valence electrons. The fourth-order valence-electron chi connectivity index (χ4n) is 5.11. The number of benzene rings is 1. The second kappa shape index (κ2) is 6.29. The van der Waals surface area contributed by atoms with Gasteiger partial charge in [0.25, 0.3) is 5.91 Å². The van der Waals surface area contributed by atoms with Gasteiger partial charge in [0, 0.05) is 17.5 Å². The topological polar surface area (TPSA) is 83.1 Å². The molecule has 3 N–H and O–H groups in total. The Bertz CT molecular complexity index is 884. The summed E-state index contributed by atoms with van der Waals surface area (Å²) >= 11 is 1.66. The van der Waals surface area contributed by atoms with Gasteiger partial charge in [-0.2, -0.15) is 11.8 Å². The van der Waals surface area contributed by atoms with Crippen LogP contribution in [-0.4, -0.2) is 46.2 Å². The number of nitrogens with one attached hydrogen (secondary N) is 1. The van der Waals surface area contributed by atoms with E-state index in [4.69, 9.17) is 0 Å². The molecule has 3 aliphatic rings. The van der Waals surface area contributed by atoms with Crippen LogP contribution in [0.5, 0.6) is 0 Å². The number of halogens is 1. The van der Waals surface area contributed by atoms with Crippen molar-refractivity contribution in [2.24, 2.45) is 11.8 Å². The van der Waals surface area contributed by atoms with Crippen LogP contribution in [0.15, 0.2) is 18.2 Å². The first-order valence-electron chi connectivity index (χ1n) is 9.47. The molecule has 1 spiro atoms. The lowest BCUT2D eigenvalue weighted by atomic mass is 9.76. The van der Waals surface area contributed by atoms with Gasteiger partial charge in [-0.05, 0) is 51.0 Å². The van der Waals surface area contributed by atoms with Crippen molar-refractivity contribution in [1.29, 1.82) is 0 Å². The molecule has 0 radical (unpaired) electrons. The lowest BCUT2D eigenvalue weighted by molar-refractivity contribution is -0.733. The van der Waals surface area contributed by atoms with E-state index < -0.39 is 28.7 Å². The predicted molar refractivity (Wildman–Crippen MR) is 104 cm³/mol. The highest BCUT2D eigenvalue weighted by Crippen LogP contribution is 2.50. The average Bonchev–Trinajstić information content (AvgIpc) is 3.18. The molecule has 3 amide bonds. The standard InChI is InChI=1S/C20H24FN3O3S/c1-19(2,3)24-16(25)14-13(7-8-28-4)23-20(15(14)17(24)26)11-9-10(21)5-6-12(11)22-18(20)27/h5-6,9,13-15,23H,7-8H2,1-4H3,(H,22,27)/p+1/t13-,14+,15-,20-/m0/s1. The van der Waals surface area contributed by atoms with E-state index in [0.717, 1.165) is 5.75 Å². The Labute approximate surface area is 167 Å². The van der Waals surface area contributed by atoms with Crippen LogP contribution >= 0.6 is 11.8 Å². The summed E-state index contributed by atoms with van der Waals surface area (Å²) < 4.78 is 14.1. The van der Waals surface area contributed by atoms with Crippen molar-refractivity contribution in [2.75, 3.05) is 17.3 Å². The Morgan fingerprint density at radius 3 is 2.61 bits per heavy atom. The molecule has 8 heteroatoms. The minimum absolute atomic E-state index is 0.207. The van der Waals surface area contributed by atoms with Crippen LogP contribution in [0, 0.1) is 17.7 Å². The molecule has 0 saturated carbocycles. The second-order valence-electron chi connectivity index (χ2n) is 8.81. The van der Waals surface area contributed by atoms with E-state index in [2.05, 4.69) is 5.32 Å². The summed E-state index contributed by atoms with van der Waals surface area (Å²) in [5.74, 6) is -1.96. The molecule has 28 heavy (non-hydrogen) atoms. The zero-order valence-corrected chi connectivity index (χ0v) is 17.2. The fourth-order valence-corrected chi connectivity index (χ4v) is 5.62. The highest BCUT2D eigenvalue weighted by Gasteiger charge is 2.74. The zero-order valence-electron chi connectivity index (χ0n) is 16.4. The Hall–Kier alpha value is -1.93. The molecule has 1 aromatic carbocycles. The number of carbonyl (C=O) groups is 3. The van der Waals surface area contributed by atoms with Crippen LogP contribution in [0.1, 0.15) is 32.8 Å². The van der Waals surface area contributed by atoms with Crippen LogP contribution < -0.4 is 10.6 Å². The van der Waals surface area contributed by atoms with Crippen molar-refractivity contribution in [1.82, 2.24) is 4.90 Å². The maximum Gasteiger partial charge on any atom is 0.291 e. The second-order valence-corrected chi connectivity index (χ2v) is 9.80. The molecule has 6 nitrogen and oxygen atoms in total. The van der Waals surface area contributed by atoms with Gasteiger partial charge in [-0.15, -0.1) is 0 Å². The van der Waals surface area contributed by atoms with Crippen molar-refractivity contribution in [3.63, 3.8) is 0 Å². The number of anilines is 1. The van der Waals surface area contributed by atoms with Gasteiger partial charge in [-0.1, -0.05) is 0 Å². The molecule has 3 aliphatic heterocycles. The van der Waals surface area contributed by atoms with E-state index >= 15 is 0 Å². The number of amides is 3. The molecule has 0 unspecified atom stereocenters. The quantitative estimate of drug-likeness (QED) is 0.736. The third-order valence-corrected chi connectivity index (χ3v) is 6.80. The van der Waals surface area contributed by atoms with Gasteiger partial charge in [-0.3, -0.25) is 19.3 Å². The lowest BCUT2D eigenvalue weighted by Crippen LogP contribution is -2.99. The summed E-state index contributed by atoms with van der Waals surface area (Å²) in [6.45, 7) is 5.46. The van der Waals surface area contributed by atoms with E-state index in [1.807, 2.05) is 32.3 Å². The largest absolute Gasteiger partial charge is 0.326 e.